The number of hydrogen-bond donors (Lipinski definition) is 0. The van der Waals surface area contributed by atoms with Crippen molar-refractivity contribution in [2.24, 2.45) is 0 Å². The summed E-state index contributed by atoms with van der Waals surface area (Å²) in [6.45, 7) is 5.69. The van der Waals surface area contributed by atoms with E-state index in [0.717, 1.165) is 52.0 Å². The highest BCUT2D eigenvalue weighted by Crippen LogP contribution is 2.20. The van der Waals surface area contributed by atoms with Gasteiger partial charge in [-0.25, -0.2) is 4.98 Å². The fourth-order valence-corrected chi connectivity index (χ4v) is 5.20. The van der Waals surface area contributed by atoms with E-state index in [0.29, 0.717) is 28.4 Å². The molecular weight excluding hydrogens is 384 g/mol. The van der Waals surface area contributed by atoms with Crippen LogP contribution in [0.1, 0.15) is 38.5 Å². The lowest BCUT2D eigenvalue weighted by atomic mass is 10.1. The predicted octanol–water partition coefficient (Wildman–Crippen LogP) is 2.99. The lowest BCUT2D eigenvalue weighted by Crippen LogP contribution is -2.32. The molecule has 0 atom stereocenters. The Labute approximate surface area is 176 Å². The van der Waals surface area contributed by atoms with Crippen LogP contribution >= 0.6 is 11.8 Å². The van der Waals surface area contributed by atoms with Gasteiger partial charge in [-0.05, 0) is 63.9 Å². The summed E-state index contributed by atoms with van der Waals surface area (Å²) in [6.07, 6.45) is 6.98. The van der Waals surface area contributed by atoms with Gasteiger partial charge >= 0.3 is 0 Å². The van der Waals surface area contributed by atoms with Gasteiger partial charge in [0.2, 0.25) is 5.91 Å². The van der Waals surface area contributed by atoms with Crippen LogP contribution in [0.3, 0.4) is 0 Å². The van der Waals surface area contributed by atoms with Crippen LogP contribution in [0.2, 0.25) is 0 Å². The van der Waals surface area contributed by atoms with Gasteiger partial charge in [-0.2, -0.15) is 0 Å². The lowest BCUT2D eigenvalue weighted by molar-refractivity contribution is -0.127. The Balaban J connectivity index is 1.49. The normalized spacial score (nSPS) is 17.9. The summed E-state index contributed by atoms with van der Waals surface area (Å²) >= 11 is 1.40. The van der Waals surface area contributed by atoms with Crippen LogP contribution in [0.15, 0.2) is 34.2 Å². The van der Waals surface area contributed by atoms with Crippen LogP contribution in [-0.4, -0.2) is 63.7 Å². The number of likely N-dealkylation sites (tertiary alicyclic amines) is 2. The minimum atomic E-state index is 0.00497. The number of nitrogens with zero attached hydrogens (tertiary/aromatic N) is 4. The van der Waals surface area contributed by atoms with Crippen molar-refractivity contribution < 1.29 is 4.79 Å². The molecule has 0 bridgehead atoms. The number of piperidine rings is 1. The molecule has 3 heterocycles. The molecule has 2 fully saturated rings. The third-order valence-corrected chi connectivity index (χ3v) is 6.88. The fraction of sp³-hybridized carbons (Fsp3) is 0.591. The highest BCUT2D eigenvalue weighted by Gasteiger charge is 2.20. The zero-order valence-electron chi connectivity index (χ0n) is 17.0. The Kier molecular flexibility index (Phi) is 6.87. The van der Waals surface area contributed by atoms with E-state index in [1.54, 1.807) is 4.57 Å². The molecule has 2 aliphatic rings. The van der Waals surface area contributed by atoms with Crippen molar-refractivity contribution in [1.29, 1.82) is 0 Å². The van der Waals surface area contributed by atoms with Gasteiger partial charge in [0.25, 0.3) is 5.56 Å². The average Bonchev–Trinajstić information content (AvgIpc) is 3.30. The first kappa shape index (κ1) is 20.4. The zero-order valence-corrected chi connectivity index (χ0v) is 17.8. The second kappa shape index (κ2) is 9.76. The molecule has 1 aromatic heterocycles. The van der Waals surface area contributed by atoms with Gasteiger partial charge in [-0.1, -0.05) is 30.3 Å². The summed E-state index contributed by atoms with van der Waals surface area (Å²) in [6, 6.07) is 7.50. The number of fused-ring (bicyclic) bond motifs is 1. The number of amides is 1. The van der Waals surface area contributed by atoms with Crippen molar-refractivity contribution >= 4 is 28.6 Å². The molecule has 1 aromatic carbocycles. The molecule has 29 heavy (non-hydrogen) atoms. The number of carbonyl (C=O) groups excluding carboxylic acids is 1. The molecule has 7 heteroatoms. The summed E-state index contributed by atoms with van der Waals surface area (Å²) in [5.41, 5.74) is 0.714. The molecule has 2 saturated heterocycles. The topological polar surface area (TPSA) is 58.4 Å². The highest BCUT2D eigenvalue weighted by molar-refractivity contribution is 7.99. The maximum Gasteiger partial charge on any atom is 0.262 e. The monoisotopic (exact) mass is 414 g/mol. The van der Waals surface area contributed by atoms with E-state index in [1.807, 2.05) is 29.2 Å². The van der Waals surface area contributed by atoms with Crippen molar-refractivity contribution in [3.8, 4) is 0 Å². The van der Waals surface area contributed by atoms with E-state index in [2.05, 4.69) is 4.90 Å². The number of para-hydroxylation sites is 1. The minimum absolute atomic E-state index is 0.00497. The van der Waals surface area contributed by atoms with Crippen LogP contribution < -0.4 is 5.56 Å². The first-order chi connectivity index (χ1) is 14.2. The predicted molar refractivity (Wildman–Crippen MR) is 117 cm³/mol. The summed E-state index contributed by atoms with van der Waals surface area (Å²) in [7, 11) is 0. The van der Waals surface area contributed by atoms with Gasteiger partial charge < -0.3 is 9.80 Å². The van der Waals surface area contributed by atoms with Gasteiger partial charge in [-0.15, -0.1) is 0 Å². The Morgan fingerprint density at radius 1 is 0.966 bits per heavy atom. The van der Waals surface area contributed by atoms with Crippen LogP contribution in [0.5, 0.6) is 0 Å². The van der Waals surface area contributed by atoms with E-state index < -0.39 is 0 Å². The molecule has 2 aliphatic heterocycles. The Morgan fingerprint density at radius 2 is 1.69 bits per heavy atom. The van der Waals surface area contributed by atoms with Crippen LogP contribution in [-0.2, 0) is 11.3 Å². The SMILES string of the molecule is O=C(CSc1nc2ccccc2c(=O)n1CCCN1CCCCC1)N1CCCC1. The van der Waals surface area contributed by atoms with Gasteiger partial charge in [0.15, 0.2) is 5.16 Å². The van der Waals surface area contributed by atoms with E-state index in [-0.39, 0.29) is 11.5 Å². The number of thioether (sulfide) groups is 1. The standard InChI is InChI=1S/C22H30N4O2S/c27-20(25-14-6-7-15-25)17-29-22-23-19-10-3-2-9-18(19)21(28)26(22)16-8-13-24-11-4-1-5-12-24/h2-3,9-10H,1,4-8,11-17H2. The molecule has 0 aliphatic carbocycles. The first-order valence-electron chi connectivity index (χ1n) is 10.8. The Morgan fingerprint density at radius 3 is 2.48 bits per heavy atom. The summed E-state index contributed by atoms with van der Waals surface area (Å²) in [5.74, 6) is 0.492. The van der Waals surface area contributed by atoms with Crippen molar-refractivity contribution in [2.75, 3.05) is 38.5 Å². The van der Waals surface area contributed by atoms with Crippen molar-refractivity contribution in [3.63, 3.8) is 0 Å². The molecule has 0 spiro atoms. The van der Waals surface area contributed by atoms with Gasteiger partial charge in [0, 0.05) is 19.6 Å². The third-order valence-electron chi connectivity index (χ3n) is 5.91. The fourth-order valence-electron chi connectivity index (χ4n) is 4.27. The third kappa shape index (κ3) is 5.01. The molecule has 0 radical (unpaired) electrons. The number of benzene rings is 1. The zero-order chi connectivity index (χ0) is 20.1. The molecule has 156 valence electrons. The van der Waals surface area contributed by atoms with Crippen LogP contribution in [0, 0.1) is 0 Å². The quantitative estimate of drug-likeness (QED) is 0.515. The maximum atomic E-state index is 13.1. The maximum absolute atomic E-state index is 13.1. The van der Waals surface area contributed by atoms with E-state index in [1.165, 1.54) is 31.0 Å². The second-order valence-corrected chi connectivity index (χ2v) is 8.94. The molecular formula is C22H30N4O2S. The minimum Gasteiger partial charge on any atom is -0.342 e. The Bertz CT molecular complexity index is 901. The molecule has 2 aromatic rings. The molecule has 1 amide bonds. The van der Waals surface area contributed by atoms with Crippen molar-refractivity contribution in [2.45, 2.75) is 50.2 Å². The van der Waals surface area contributed by atoms with Gasteiger partial charge in [0.05, 0.1) is 16.7 Å². The summed E-state index contributed by atoms with van der Waals surface area (Å²) in [4.78, 5) is 34.8. The van der Waals surface area contributed by atoms with E-state index in [9.17, 15) is 9.59 Å². The van der Waals surface area contributed by atoms with Gasteiger partial charge in [0.1, 0.15) is 0 Å². The smallest absolute Gasteiger partial charge is 0.262 e. The molecule has 4 rings (SSSR count). The van der Waals surface area contributed by atoms with Crippen molar-refractivity contribution in [3.05, 3.63) is 34.6 Å². The lowest BCUT2D eigenvalue weighted by Gasteiger charge is -2.26. The second-order valence-electron chi connectivity index (χ2n) is 8.00. The Hall–Kier alpha value is -1.86. The number of carbonyl (C=O) groups is 1. The van der Waals surface area contributed by atoms with Gasteiger partial charge in [-0.3, -0.25) is 14.2 Å². The van der Waals surface area contributed by atoms with Crippen molar-refractivity contribution in [1.82, 2.24) is 19.4 Å². The van der Waals surface area contributed by atoms with Crippen LogP contribution in [0.4, 0.5) is 0 Å². The largest absolute Gasteiger partial charge is 0.342 e. The van der Waals surface area contributed by atoms with E-state index in [4.69, 9.17) is 4.98 Å². The van der Waals surface area contributed by atoms with Crippen LogP contribution in [0.25, 0.3) is 10.9 Å². The summed E-state index contributed by atoms with van der Waals surface area (Å²) in [5, 5.41) is 1.32. The highest BCUT2D eigenvalue weighted by atomic mass is 32.2. The molecule has 0 N–H and O–H groups in total. The first-order valence-corrected chi connectivity index (χ1v) is 11.8. The molecule has 0 saturated carbocycles. The number of aromatic nitrogens is 2. The molecule has 0 unspecified atom stereocenters. The number of hydrogen-bond acceptors (Lipinski definition) is 5. The average molecular weight is 415 g/mol. The number of rotatable bonds is 7. The molecule has 6 nitrogen and oxygen atoms in total. The van der Waals surface area contributed by atoms with E-state index >= 15 is 0 Å². The summed E-state index contributed by atoms with van der Waals surface area (Å²) < 4.78 is 1.79.